The number of anilines is 1. The van der Waals surface area contributed by atoms with Gasteiger partial charge in [-0.15, -0.1) is 0 Å². The number of primary amides is 1. The number of esters is 1. The summed E-state index contributed by atoms with van der Waals surface area (Å²) >= 11 is 0. The number of urea groups is 1. The molecule has 0 aliphatic heterocycles. The van der Waals surface area contributed by atoms with Crippen molar-refractivity contribution in [3.05, 3.63) is 77.5 Å². The van der Waals surface area contributed by atoms with Crippen LogP contribution in [0.5, 0.6) is 0 Å². The minimum atomic E-state index is -1.23. The molecule has 3 rings (SSSR count). The van der Waals surface area contributed by atoms with Crippen molar-refractivity contribution in [2.75, 3.05) is 32.6 Å². The van der Waals surface area contributed by atoms with Crippen LogP contribution in [0.15, 0.2) is 66.4 Å². The molecule has 0 unspecified atom stereocenters. The van der Waals surface area contributed by atoms with Gasteiger partial charge in [-0.3, -0.25) is 24.1 Å². The number of alkyl carbamates (subject to hydrolysis) is 1. The molecule has 0 bridgehead atoms. The van der Waals surface area contributed by atoms with E-state index in [0.717, 1.165) is 16.5 Å². The number of carbonyl (C=O) groups excluding carboxylic acids is 8. The second-order valence-electron chi connectivity index (χ2n) is 22.6. The Morgan fingerprint density at radius 1 is 0.776 bits per heavy atom. The van der Waals surface area contributed by atoms with E-state index in [-0.39, 0.29) is 44.4 Å². The average Bonchev–Trinajstić information content (AvgIpc) is 3.67. The Bertz CT molecular complexity index is 2560. The van der Waals surface area contributed by atoms with Gasteiger partial charge in [-0.1, -0.05) is 98.7 Å². The first-order valence-electron chi connectivity index (χ1n) is 25.8. The van der Waals surface area contributed by atoms with E-state index in [0.29, 0.717) is 16.8 Å². The van der Waals surface area contributed by atoms with Crippen molar-refractivity contribution >= 4 is 64.4 Å². The number of aromatic nitrogens is 1. The fourth-order valence-corrected chi connectivity index (χ4v) is 8.81. The third-order valence-corrected chi connectivity index (χ3v) is 12.9. The van der Waals surface area contributed by atoms with E-state index in [1.165, 1.54) is 16.8 Å². The molecule has 0 fully saturated rings. The fourth-order valence-electron chi connectivity index (χ4n) is 8.81. The summed E-state index contributed by atoms with van der Waals surface area (Å²) in [7, 11) is 5.02. The Kier molecular flexibility index (Phi) is 22.5. The smallest absolute Gasteiger partial charge is 0.410 e. The molecule has 0 saturated carbocycles. The van der Waals surface area contributed by atoms with Crippen molar-refractivity contribution in [3.63, 3.8) is 0 Å². The molecule has 420 valence electrons. The quantitative estimate of drug-likeness (QED) is 0.0243. The van der Waals surface area contributed by atoms with Crippen molar-refractivity contribution in [1.82, 2.24) is 35.6 Å². The molecule has 76 heavy (non-hydrogen) atoms. The molecule has 2 aromatic carbocycles. The predicted octanol–water partition coefficient (Wildman–Crippen LogP) is 7.04. The van der Waals surface area contributed by atoms with Crippen LogP contribution in [0.3, 0.4) is 0 Å². The van der Waals surface area contributed by atoms with Gasteiger partial charge < -0.3 is 56.0 Å². The van der Waals surface area contributed by atoms with E-state index < -0.39 is 94.5 Å². The Balaban J connectivity index is 1.92. The number of fused-ring (bicyclic) bond motifs is 1. The van der Waals surface area contributed by atoms with Crippen molar-refractivity contribution < 1.29 is 52.6 Å². The number of ether oxygens (including phenoxy) is 3. The number of amides is 8. The Labute approximate surface area is 448 Å². The molecule has 20 nitrogen and oxygen atoms in total. The molecule has 8 amide bonds. The molecule has 3 aromatic rings. The Morgan fingerprint density at radius 3 is 1.95 bits per heavy atom. The largest absolute Gasteiger partial charge is 0.463 e. The van der Waals surface area contributed by atoms with Gasteiger partial charge in [-0.25, -0.2) is 19.2 Å². The third kappa shape index (κ3) is 17.7. The van der Waals surface area contributed by atoms with Crippen LogP contribution in [0.2, 0.25) is 0 Å². The number of hydrogen-bond donors (Lipinski definition) is 6. The number of nitrogens with two attached hydrogens (primary N) is 1. The van der Waals surface area contributed by atoms with E-state index in [1.54, 1.807) is 85.9 Å². The van der Waals surface area contributed by atoms with E-state index in [1.807, 2.05) is 90.5 Å². The lowest BCUT2D eigenvalue weighted by atomic mass is 9.76. The molecule has 0 aliphatic rings. The number of hydrogen-bond acceptors (Lipinski definition) is 11. The first kappa shape index (κ1) is 63.2. The zero-order chi connectivity index (χ0) is 57.6. The SMILES string of the molecule is CCOC(=O)/C(C)=C/[C@H](C(C)C)N(C)C(=O)[C@@H](NC(=O)[C@@H](N(C)C(=O)OCc1ccc(NC(=O)[C@H](CCCNC(N)=O)NC(=O)[C@@H](NC(=O)OC(C)(C)C)C(C)C)cc1)C(C)(C)c1cn(C)c2ccccc12)C(C)(C)C. The standard InChI is InChI=1S/C56H85N9O11/c1-18-74-50(70)35(6)30-42(33(2)3)64(16)49(69)44(54(7,8)9)62-48(68)45(56(13,14)39-31-63(15)41-24-20-19-22-38(39)41)65(17)53(73)75-32-36-25-27-37(28-26-36)59-46(66)40(23-21-29-58-51(57)71)60-47(67)43(34(4)5)61-52(72)76-55(10,11)12/h19-20,22,24-28,30-31,33-34,40,42-45H,18,21,23,29,32H2,1-17H3,(H,59,66)(H,60,67)(H,61,72)(H,62,68)(H3,57,58,71)/b35-30+/t40-,42+,43-,44+,45+/m0/s1. The number of carbonyl (C=O) groups is 8. The second kappa shape index (κ2) is 27.1. The molecule has 0 radical (unpaired) electrons. The number of nitrogens with one attached hydrogen (secondary N) is 5. The van der Waals surface area contributed by atoms with Gasteiger partial charge in [0.05, 0.1) is 12.6 Å². The molecule has 0 aliphatic carbocycles. The monoisotopic (exact) mass is 1060 g/mol. The van der Waals surface area contributed by atoms with E-state index >= 15 is 4.79 Å². The summed E-state index contributed by atoms with van der Waals surface area (Å²) in [6, 6.07) is 8.48. The first-order valence-corrected chi connectivity index (χ1v) is 25.8. The zero-order valence-electron chi connectivity index (χ0n) is 47.8. The third-order valence-electron chi connectivity index (χ3n) is 12.9. The molecule has 7 N–H and O–H groups in total. The normalized spacial score (nSPS) is 14.1. The van der Waals surface area contributed by atoms with Crippen LogP contribution in [0, 0.1) is 17.3 Å². The number of benzene rings is 2. The van der Waals surface area contributed by atoms with Crippen LogP contribution in [-0.4, -0.2) is 125 Å². The molecule has 20 heteroatoms. The van der Waals surface area contributed by atoms with E-state index in [2.05, 4.69) is 26.6 Å². The van der Waals surface area contributed by atoms with Crippen LogP contribution < -0.4 is 32.3 Å². The zero-order valence-corrected chi connectivity index (χ0v) is 47.8. The second-order valence-corrected chi connectivity index (χ2v) is 22.6. The minimum absolute atomic E-state index is 0.103. The van der Waals surface area contributed by atoms with Crippen molar-refractivity contribution in [2.24, 2.45) is 30.0 Å². The number of nitrogens with zero attached hydrogens (tertiary/aromatic N) is 3. The number of likely N-dealkylation sites (N-methyl/N-ethyl adjacent to an activating group) is 2. The van der Waals surface area contributed by atoms with Crippen LogP contribution in [0.1, 0.15) is 121 Å². The summed E-state index contributed by atoms with van der Waals surface area (Å²) in [6.45, 7) is 25.1. The molecule has 0 spiro atoms. The first-order chi connectivity index (χ1) is 35.2. The Morgan fingerprint density at radius 2 is 1.39 bits per heavy atom. The summed E-state index contributed by atoms with van der Waals surface area (Å²) < 4.78 is 18.4. The Hall–Kier alpha value is -7.12. The fraction of sp³-hybridized carbons (Fsp3) is 0.571. The van der Waals surface area contributed by atoms with E-state index in [9.17, 15) is 33.6 Å². The highest BCUT2D eigenvalue weighted by Gasteiger charge is 2.46. The summed E-state index contributed by atoms with van der Waals surface area (Å²) in [6.07, 6.45) is 2.39. The summed E-state index contributed by atoms with van der Waals surface area (Å²) in [5.74, 6) is -3.18. The highest BCUT2D eigenvalue weighted by molar-refractivity contribution is 5.98. The van der Waals surface area contributed by atoms with Gasteiger partial charge in [0.25, 0.3) is 0 Å². The van der Waals surface area contributed by atoms with Crippen LogP contribution in [0.4, 0.5) is 20.1 Å². The average molecular weight is 1060 g/mol. The van der Waals surface area contributed by atoms with Gasteiger partial charge in [0, 0.05) is 61.5 Å². The van der Waals surface area contributed by atoms with Crippen LogP contribution >= 0.6 is 0 Å². The maximum Gasteiger partial charge on any atom is 0.410 e. The maximum absolute atomic E-state index is 15.1. The molecule has 1 heterocycles. The van der Waals surface area contributed by atoms with Crippen LogP contribution in [-0.2, 0) is 57.3 Å². The van der Waals surface area contributed by atoms with Gasteiger partial charge in [-0.2, -0.15) is 0 Å². The van der Waals surface area contributed by atoms with E-state index in [4.69, 9.17) is 19.9 Å². The summed E-state index contributed by atoms with van der Waals surface area (Å²) in [4.78, 5) is 111. The highest BCUT2D eigenvalue weighted by atomic mass is 16.6. The van der Waals surface area contributed by atoms with Gasteiger partial charge in [0.1, 0.15) is 36.4 Å². The lowest BCUT2D eigenvalue weighted by molar-refractivity contribution is -0.142. The van der Waals surface area contributed by atoms with Gasteiger partial charge >= 0.3 is 24.2 Å². The van der Waals surface area contributed by atoms with Crippen LogP contribution in [0.25, 0.3) is 10.9 Å². The lowest BCUT2D eigenvalue weighted by Crippen LogP contribution is -2.63. The van der Waals surface area contributed by atoms with Gasteiger partial charge in [0.15, 0.2) is 0 Å². The van der Waals surface area contributed by atoms with Gasteiger partial charge in [0.2, 0.25) is 23.6 Å². The van der Waals surface area contributed by atoms with Crippen molar-refractivity contribution in [3.8, 4) is 0 Å². The van der Waals surface area contributed by atoms with Crippen molar-refractivity contribution in [2.45, 2.75) is 158 Å². The molecular weight excluding hydrogens is 975 g/mol. The topological polar surface area (TPSA) is 262 Å². The summed E-state index contributed by atoms with van der Waals surface area (Å²) in [5.41, 5.74) is 5.43. The molecular formula is C56H85N9O11. The highest BCUT2D eigenvalue weighted by Crippen LogP contribution is 2.37. The van der Waals surface area contributed by atoms with Gasteiger partial charge in [-0.05, 0) is 94.0 Å². The number of aryl methyl sites for hydroxylation is 1. The predicted molar refractivity (Wildman–Crippen MR) is 293 cm³/mol. The minimum Gasteiger partial charge on any atom is -0.463 e. The summed E-state index contributed by atoms with van der Waals surface area (Å²) in [5, 5.41) is 14.5. The maximum atomic E-state index is 15.1. The molecule has 1 aromatic heterocycles. The molecule has 5 atom stereocenters. The molecule has 0 saturated heterocycles. The number of para-hydroxylation sites is 1. The number of rotatable bonds is 23. The van der Waals surface area contributed by atoms with Crippen molar-refractivity contribution in [1.29, 1.82) is 0 Å². The lowest BCUT2D eigenvalue weighted by Gasteiger charge is -2.42.